The van der Waals surface area contributed by atoms with E-state index in [9.17, 15) is 4.39 Å². The zero-order valence-corrected chi connectivity index (χ0v) is 10.3. The first-order chi connectivity index (χ1) is 8.60. The Morgan fingerprint density at radius 1 is 1.11 bits per heavy atom. The number of anilines is 3. The molecule has 4 heteroatoms. The lowest BCUT2D eigenvalue weighted by Crippen LogP contribution is -1.99. The van der Waals surface area contributed by atoms with Gasteiger partial charge in [-0.15, -0.1) is 0 Å². The summed E-state index contributed by atoms with van der Waals surface area (Å²) in [7, 11) is 1.57. The predicted molar refractivity (Wildman–Crippen MR) is 71.8 cm³/mol. The van der Waals surface area contributed by atoms with E-state index in [1.54, 1.807) is 31.4 Å². The number of ether oxygens (including phenoxy) is 1. The van der Waals surface area contributed by atoms with Crippen LogP contribution in [0.15, 0.2) is 36.4 Å². The molecule has 0 saturated carbocycles. The van der Waals surface area contributed by atoms with Crippen molar-refractivity contribution in [2.45, 2.75) is 6.92 Å². The standard InChI is InChI=1S/C14H15FN2O/c1-9-3-6-13(11(15)7-9)17-14-8-10(18-2)4-5-12(14)16/h3-8,17H,16H2,1-2H3. The Kier molecular flexibility index (Phi) is 3.37. The maximum atomic E-state index is 13.7. The van der Waals surface area contributed by atoms with E-state index >= 15 is 0 Å². The van der Waals surface area contributed by atoms with Gasteiger partial charge in [0.1, 0.15) is 11.6 Å². The van der Waals surface area contributed by atoms with Gasteiger partial charge in [0.25, 0.3) is 0 Å². The molecular formula is C14H15FN2O. The lowest BCUT2D eigenvalue weighted by Gasteiger charge is -2.12. The third-order valence-corrected chi connectivity index (χ3v) is 2.65. The summed E-state index contributed by atoms with van der Waals surface area (Å²) in [6.45, 7) is 1.84. The van der Waals surface area contributed by atoms with Crippen LogP contribution in [0, 0.1) is 12.7 Å². The van der Waals surface area contributed by atoms with Crippen molar-refractivity contribution in [1.82, 2.24) is 0 Å². The van der Waals surface area contributed by atoms with Gasteiger partial charge in [-0.25, -0.2) is 4.39 Å². The van der Waals surface area contributed by atoms with Crippen molar-refractivity contribution in [2.24, 2.45) is 0 Å². The van der Waals surface area contributed by atoms with Crippen LogP contribution < -0.4 is 15.8 Å². The Labute approximate surface area is 105 Å². The number of hydrogen-bond donors (Lipinski definition) is 2. The second-order valence-electron chi connectivity index (χ2n) is 4.06. The Bertz CT molecular complexity index is 570. The summed E-state index contributed by atoms with van der Waals surface area (Å²) >= 11 is 0. The van der Waals surface area contributed by atoms with Gasteiger partial charge in [0.2, 0.25) is 0 Å². The Morgan fingerprint density at radius 3 is 2.56 bits per heavy atom. The number of aryl methyl sites for hydroxylation is 1. The minimum Gasteiger partial charge on any atom is -0.497 e. The molecule has 0 spiro atoms. The molecule has 0 heterocycles. The highest BCUT2D eigenvalue weighted by Gasteiger charge is 2.06. The Morgan fingerprint density at radius 2 is 1.89 bits per heavy atom. The summed E-state index contributed by atoms with van der Waals surface area (Å²) in [5.41, 5.74) is 8.25. The molecule has 0 atom stereocenters. The molecular weight excluding hydrogens is 231 g/mol. The monoisotopic (exact) mass is 246 g/mol. The predicted octanol–water partition coefficient (Wildman–Crippen LogP) is 3.47. The highest BCUT2D eigenvalue weighted by Crippen LogP contribution is 2.28. The van der Waals surface area contributed by atoms with Gasteiger partial charge in [-0.05, 0) is 36.8 Å². The first-order valence-corrected chi connectivity index (χ1v) is 5.57. The van der Waals surface area contributed by atoms with Gasteiger partial charge >= 0.3 is 0 Å². The van der Waals surface area contributed by atoms with Crippen molar-refractivity contribution in [3.05, 3.63) is 47.8 Å². The smallest absolute Gasteiger partial charge is 0.146 e. The number of benzene rings is 2. The van der Waals surface area contributed by atoms with E-state index in [4.69, 9.17) is 10.5 Å². The molecule has 0 aliphatic carbocycles. The maximum Gasteiger partial charge on any atom is 0.146 e. The molecule has 2 aromatic rings. The number of nitrogen functional groups attached to an aromatic ring is 1. The lowest BCUT2D eigenvalue weighted by molar-refractivity contribution is 0.415. The maximum absolute atomic E-state index is 13.7. The molecule has 0 bridgehead atoms. The molecule has 3 nitrogen and oxygen atoms in total. The summed E-state index contributed by atoms with van der Waals surface area (Å²) < 4.78 is 18.8. The van der Waals surface area contributed by atoms with Crippen molar-refractivity contribution in [3.63, 3.8) is 0 Å². The Hall–Kier alpha value is -2.23. The van der Waals surface area contributed by atoms with Gasteiger partial charge in [0, 0.05) is 6.07 Å². The van der Waals surface area contributed by atoms with Crippen molar-refractivity contribution in [3.8, 4) is 5.75 Å². The van der Waals surface area contributed by atoms with Crippen LogP contribution in [-0.4, -0.2) is 7.11 Å². The highest BCUT2D eigenvalue weighted by molar-refractivity contribution is 5.74. The third-order valence-electron chi connectivity index (χ3n) is 2.65. The van der Waals surface area contributed by atoms with Crippen molar-refractivity contribution in [1.29, 1.82) is 0 Å². The van der Waals surface area contributed by atoms with Crippen LogP contribution in [0.5, 0.6) is 5.75 Å². The summed E-state index contributed by atoms with van der Waals surface area (Å²) in [5, 5.41) is 2.96. The van der Waals surface area contributed by atoms with Crippen molar-refractivity contribution in [2.75, 3.05) is 18.2 Å². The second kappa shape index (κ2) is 4.96. The third kappa shape index (κ3) is 2.53. The zero-order valence-electron chi connectivity index (χ0n) is 10.3. The average molecular weight is 246 g/mol. The van der Waals surface area contributed by atoms with Crippen LogP contribution in [0.4, 0.5) is 21.5 Å². The molecule has 0 amide bonds. The van der Waals surface area contributed by atoms with E-state index in [-0.39, 0.29) is 5.82 Å². The number of nitrogens with two attached hydrogens (primary N) is 1. The molecule has 0 aliphatic heterocycles. The molecule has 0 aliphatic rings. The molecule has 2 aromatic carbocycles. The van der Waals surface area contributed by atoms with Gasteiger partial charge in [-0.3, -0.25) is 0 Å². The van der Waals surface area contributed by atoms with Crippen LogP contribution in [0.25, 0.3) is 0 Å². The minimum absolute atomic E-state index is 0.308. The topological polar surface area (TPSA) is 47.3 Å². The van der Waals surface area contributed by atoms with Crippen LogP contribution >= 0.6 is 0 Å². The molecule has 0 fully saturated rings. The number of halogens is 1. The normalized spacial score (nSPS) is 10.2. The molecule has 3 N–H and O–H groups in total. The minimum atomic E-state index is -0.308. The van der Waals surface area contributed by atoms with Gasteiger partial charge < -0.3 is 15.8 Å². The summed E-state index contributed by atoms with van der Waals surface area (Å²) in [6, 6.07) is 10.2. The second-order valence-corrected chi connectivity index (χ2v) is 4.06. The highest BCUT2D eigenvalue weighted by atomic mass is 19.1. The van der Waals surface area contributed by atoms with E-state index in [1.807, 2.05) is 13.0 Å². The van der Waals surface area contributed by atoms with Crippen LogP contribution in [0.3, 0.4) is 0 Å². The van der Waals surface area contributed by atoms with Gasteiger partial charge in [-0.2, -0.15) is 0 Å². The Balaban J connectivity index is 2.33. The summed E-state index contributed by atoms with van der Waals surface area (Å²) in [5.74, 6) is 0.358. The summed E-state index contributed by atoms with van der Waals surface area (Å²) in [6.07, 6.45) is 0. The molecule has 18 heavy (non-hydrogen) atoms. The zero-order chi connectivity index (χ0) is 13.1. The van der Waals surface area contributed by atoms with E-state index < -0.39 is 0 Å². The SMILES string of the molecule is COc1ccc(N)c(Nc2ccc(C)cc2F)c1. The molecule has 2 rings (SSSR count). The van der Waals surface area contributed by atoms with Crippen molar-refractivity contribution < 1.29 is 9.13 Å². The largest absolute Gasteiger partial charge is 0.497 e. The quantitative estimate of drug-likeness (QED) is 0.815. The van der Waals surface area contributed by atoms with E-state index in [0.29, 0.717) is 22.8 Å². The van der Waals surface area contributed by atoms with E-state index in [2.05, 4.69) is 5.32 Å². The van der Waals surface area contributed by atoms with Crippen molar-refractivity contribution >= 4 is 17.1 Å². The number of hydrogen-bond acceptors (Lipinski definition) is 3. The van der Waals surface area contributed by atoms with Gasteiger partial charge in [0.15, 0.2) is 0 Å². The molecule has 0 saturated heterocycles. The van der Waals surface area contributed by atoms with E-state index in [0.717, 1.165) is 5.56 Å². The molecule has 0 aromatic heterocycles. The van der Waals surface area contributed by atoms with E-state index in [1.165, 1.54) is 6.07 Å². The first kappa shape index (κ1) is 12.2. The van der Waals surface area contributed by atoms with Gasteiger partial charge in [0.05, 0.1) is 24.2 Å². The summed E-state index contributed by atoms with van der Waals surface area (Å²) in [4.78, 5) is 0. The average Bonchev–Trinajstić information content (AvgIpc) is 2.35. The molecule has 94 valence electrons. The fourth-order valence-corrected chi connectivity index (χ4v) is 1.64. The first-order valence-electron chi connectivity index (χ1n) is 5.57. The molecule has 0 radical (unpaired) electrons. The van der Waals surface area contributed by atoms with Crippen LogP contribution in [0.2, 0.25) is 0 Å². The number of methoxy groups -OCH3 is 1. The van der Waals surface area contributed by atoms with Crippen LogP contribution in [0.1, 0.15) is 5.56 Å². The lowest BCUT2D eigenvalue weighted by atomic mass is 10.2. The fraction of sp³-hybridized carbons (Fsp3) is 0.143. The van der Waals surface area contributed by atoms with Gasteiger partial charge in [-0.1, -0.05) is 6.07 Å². The fourth-order valence-electron chi connectivity index (χ4n) is 1.64. The molecule has 0 unspecified atom stereocenters. The number of nitrogens with one attached hydrogen (secondary N) is 1. The number of rotatable bonds is 3. The van der Waals surface area contributed by atoms with Crippen LogP contribution in [-0.2, 0) is 0 Å².